The van der Waals surface area contributed by atoms with Crippen LogP contribution >= 0.6 is 0 Å². The molecule has 0 aromatic rings. The van der Waals surface area contributed by atoms with Crippen molar-refractivity contribution in [2.45, 2.75) is 90.4 Å². The fourth-order valence-electron chi connectivity index (χ4n) is 8.13. The van der Waals surface area contributed by atoms with Gasteiger partial charge in [0.05, 0.1) is 6.10 Å². The van der Waals surface area contributed by atoms with Crippen LogP contribution in [0.4, 0.5) is 0 Å². The Balaban J connectivity index is 1.61. The summed E-state index contributed by atoms with van der Waals surface area (Å²) in [4.78, 5) is 0. The van der Waals surface area contributed by atoms with Crippen LogP contribution in [0.5, 0.6) is 0 Å². The van der Waals surface area contributed by atoms with Gasteiger partial charge in [0.1, 0.15) is 0 Å². The van der Waals surface area contributed by atoms with Crippen LogP contribution in [-0.4, -0.2) is 27.2 Å². The number of hydrogen-bond donors (Lipinski definition) is 3. The Morgan fingerprint density at radius 1 is 0.833 bits per heavy atom. The average molecular weight is 337 g/mol. The first-order valence-corrected chi connectivity index (χ1v) is 10.3. The standard InChI is InChI=1S/C21H36O3/c1-19-10-8-14(22)12-13(19)4-5-15-16-6-7-18(21(3,23)24)20(16,2)11-9-17(15)19/h13-18,22-24H,4-12H2,1-3H3/t13-,14?,15?,16?,17?,18?,19?,20-/m0/s1. The van der Waals surface area contributed by atoms with Crippen molar-refractivity contribution in [3.63, 3.8) is 0 Å². The normalized spacial score (nSPS) is 54.8. The number of rotatable bonds is 1. The molecule has 8 atom stereocenters. The second-order valence-corrected chi connectivity index (χ2v) is 10.4. The van der Waals surface area contributed by atoms with E-state index in [1.807, 2.05) is 0 Å². The molecule has 0 heterocycles. The Morgan fingerprint density at radius 3 is 2.21 bits per heavy atom. The third kappa shape index (κ3) is 2.34. The molecule has 4 rings (SSSR count). The maximum absolute atomic E-state index is 10.3. The van der Waals surface area contributed by atoms with Crippen molar-refractivity contribution >= 4 is 0 Å². The molecular formula is C21H36O3. The van der Waals surface area contributed by atoms with Crippen molar-refractivity contribution in [2.24, 2.45) is 40.4 Å². The summed E-state index contributed by atoms with van der Waals surface area (Å²) in [5.41, 5.74) is 0.500. The second-order valence-electron chi connectivity index (χ2n) is 10.4. The smallest absolute Gasteiger partial charge is 0.163 e. The van der Waals surface area contributed by atoms with Crippen LogP contribution in [0.25, 0.3) is 0 Å². The summed E-state index contributed by atoms with van der Waals surface area (Å²) < 4.78 is 0. The van der Waals surface area contributed by atoms with E-state index >= 15 is 0 Å². The van der Waals surface area contributed by atoms with E-state index in [0.717, 1.165) is 37.5 Å². The minimum Gasteiger partial charge on any atom is -0.393 e. The average Bonchev–Trinajstić information content (AvgIpc) is 2.85. The van der Waals surface area contributed by atoms with E-state index in [4.69, 9.17) is 0 Å². The topological polar surface area (TPSA) is 60.7 Å². The van der Waals surface area contributed by atoms with Crippen LogP contribution in [-0.2, 0) is 0 Å². The Hall–Kier alpha value is -0.120. The van der Waals surface area contributed by atoms with E-state index in [1.165, 1.54) is 32.1 Å². The highest BCUT2D eigenvalue weighted by molar-refractivity contribution is 5.10. The first kappa shape index (κ1) is 17.3. The van der Waals surface area contributed by atoms with Gasteiger partial charge in [0, 0.05) is 5.92 Å². The molecule has 0 aromatic heterocycles. The molecule has 0 saturated heterocycles. The molecule has 0 spiro atoms. The molecule has 0 aliphatic heterocycles. The summed E-state index contributed by atoms with van der Waals surface area (Å²) >= 11 is 0. The number of aliphatic hydroxyl groups is 3. The molecule has 0 radical (unpaired) electrons. The zero-order valence-corrected chi connectivity index (χ0v) is 15.7. The van der Waals surface area contributed by atoms with Gasteiger partial charge < -0.3 is 15.3 Å². The lowest BCUT2D eigenvalue weighted by molar-refractivity contribution is -0.222. The Kier molecular flexibility index (Phi) is 3.92. The minimum atomic E-state index is -1.54. The van der Waals surface area contributed by atoms with Gasteiger partial charge in [-0.25, -0.2) is 0 Å². The highest BCUT2D eigenvalue weighted by Gasteiger charge is 2.62. The highest BCUT2D eigenvalue weighted by Crippen LogP contribution is 2.68. The monoisotopic (exact) mass is 336 g/mol. The molecule has 0 aromatic carbocycles. The molecule has 4 aliphatic rings. The van der Waals surface area contributed by atoms with Crippen molar-refractivity contribution in [3.8, 4) is 0 Å². The van der Waals surface area contributed by atoms with E-state index in [2.05, 4.69) is 13.8 Å². The molecule has 3 N–H and O–H groups in total. The second kappa shape index (κ2) is 5.44. The van der Waals surface area contributed by atoms with Gasteiger partial charge in [-0.15, -0.1) is 0 Å². The first-order chi connectivity index (χ1) is 11.2. The van der Waals surface area contributed by atoms with Crippen LogP contribution in [0.1, 0.15) is 78.6 Å². The van der Waals surface area contributed by atoms with E-state index in [9.17, 15) is 15.3 Å². The summed E-state index contributed by atoms with van der Waals surface area (Å²) in [5, 5.41) is 30.7. The SMILES string of the molecule is CC(O)(O)C1CCC2C3CC[C@H]4CC(O)CCC4(C)C3CC[C@@]21C. The predicted octanol–water partition coefficient (Wildman–Crippen LogP) is 3.71. The van der Waals surface area contributed by atoms with Crippen molar-refractivity contribution in [3.05, 3.63) is 0 Å². The van der Waals surface area contributed by atoms with Crippen molar-refractivity contribution in [2.75, 3.05) is 0 Å². The number of hydrogen-bond acceptors (Lipinski definition) is 3. The Bertz CT molecular complexity index is 498. The van der Waals surface area contributed by atoms with Crippen LogP contribution in [0.2, 0.25) is 0 Å². The summed E-state index contributed by atoms with van der Waals surface area (Å²) in [5.74, 6) is 1.38. The lowest BCUT2D eigenvalue weighted by atomic mass is 9.44. The van der Waals surface area contributed by atoms with E-state index in [1.54, 1.807) is 6.92 Å². The number of aliphatic hydroxyl groups excluding tert-OH is 1. The third-order valence-corrected chi connectivity index (χ3v) is 9.30. The molecular weight excluding hydrogens is 300 g/mol. The quantitative estimate of drug-likeness (QED) is 0.640. The van der Waals surface area contributed by atoms with Gasteiger partial charge in [-0.1, -0.05) is 13.8 Å². The minimum absolute atomic E-state index is 0.0228. The maximum Gasteiger partial charge on any atom is 0.163 e. The summed E-state index contributed by atoms with van der Waals surface area (Å²) in [6.07, 6.45) is 10.2. The molecule has 4 aliphatic carbocycles. The summed E-state index contributed by atoms with van der Waals surface area (Å²) in [6, 6.07) is 0. The molecule has 0 bridgehead atoms. The number of fused-ring (bicyclic) bond motifs is 5. The zero-order valence-electron chi connectivity index (χ0n) is 15.7. The lowest BCUT2D eigenvalue weighted by Crippen LogP contribution is -2.55. The molecule has 3 nitrogen and oxygen atoms in total. The van der Waals surface area contributed by atoms with E-state index < -0.39 is 5.79 Å². The van der Waals surface area contributed by atoms with Gasteiger partial charge in [0.2, 0.25) is 0 Å². The van der Waals surface area contributed by atoms with Gasteiger partial charge in [-0.2, -0.15) is 0 Å². The first-order valence-electron chi connectivity index (χ1n) is 10.3. The van der Waals surface area contributed by atoms with Crippen LogP contribution in [0.15, 0.2) is 0 Å². The van der Waals surface area contributed by atoms with E-state index in [-0.39, 0.29) is 17.4 Å². The third-order valence-electron chi connectivity index (χ3n) is 9.30. The maximum atomic E-state index is 10.3. The molecule has 0 amide bonds. The fourth-order valence-corrected chi connectivity index (χ4v) is 8.13. The van der Waals surface area contributed by atoms with Gasteiger partial charge in [-0.05, 0) is 99.2 Å². The lowest BCUT2D eigenvalue weighted by Gasteiger charge is -2.61. The van der Waals surface area contributed by atoms with Gasteiger partial charge in [0.25, 0.3) is 0 Å². The van der Waals surface area contributed by atoms with Crippen LogP contribution in [0.3, 0.4) is 0 Å². The van der Waals surface area contributed by atoms with Gasteiger partial charge in [-0.3, -0.25) is 0 Å². The molecule has 4 saturated carbocycles. The fraction of sp³-hybridized carbons (Fsp3) is 1.00. The molecule has 4 fully saturated rings. The van der Waals surface area contributed by atoms with Gasteiger partial charge in [0.15, 0.2) is 5.79 Å². The highest BCUT2D eigenvalue weighted by atomic mass is 16.5. The summed E-state index contributed by atoms with van der Waals surface area (Å²) in [7, 11) is 0. The van der Waals surface area contributed by atoms with E-state index in [0.29, 0.717) is 17.3 Å². The summed E-state index contributed by atoms with van der Waals surface area (Å²) in [6.45, 7) is 6.45. The van der Waals surface area contributed by atoms with Crippen molar-refractivity contribution < 1.29 is 15.3 Å². The predicted molar refractivity (Wildman–Crippen MR) is 94.1 cm³/mol. The van der Waals surface area contributed by atoms with Crippen LogP contribution in [0, 0.1) is 40.4 Å². The largest absolute Gasteiger partial charge is 0.393 e. The van der Waals surface area contributed by atoms with Crippen LogP contribution < -0.4 is 0 Å². The molecule has 138 valence electrons. The Labute approximate surface area is 146 Å². The van der Waals surface area contributed by atoms with Crippen molar-refractivity contribution in [1.29, 1.82) is 0 Å². The molecule has 6 unspecified atom stereocenters. The zero-order chi connectivity index (χ0) is 17.3. The molecule has 24 heavy (non-hydrogen) atoms. The Morgan fingerprint density at radius 2 is 1.50 bits per heavy atom. The van der Waals surface area contributed by atoms with Crippen molar-refractivity contribution in [1.82, 2.24) is 0 Å². The van der Waals surface area contributed by atoms with Gasteiger partial charge >= 0.3 is 0 Å². The molecule has 3 heteroatoms.